The highest BCUT2D eigenvalue weighted by Crippen LogP contribution is 2.33. The van der Waals surface area contributed by atoms with Gasteiger partial charge in [-0.1, -0.05) is 147 Å². The molecule has 1 aromatic carbocycles. The Kier molecular flexibility index (Phi) is 26.4. The quantitative estimate of drug-likeness (QED) is 0.0459. The Morgan fingerprint density at radius 3 is 1.02 bits per heavy atom. The Morgan fingerprint density at radius 1 is 0.405 bits per heavy atom. The lowest BCUT2D eigenvalue weighted by molar-refractivity contribution is -0.107. The minimum atomic E-state index is -0.106. The zero-order chi connectivity index (χ0) is 30.4. The number of aldehydes is 1. The summed E-state index contributed by atoms with van der Waals surface area (Å²) in [7, 11) is 0. The number of hydrogen-bond donors (Lipinski definition) is 3. The normalized spacial score (nSPS) is 11.5. The second-order valence-electron chi connectivity index (χ2n) is 12.6. The van der Waals surface area contributed by atoms with Crippen LogP contribution in [0.4, 0.5) is 0 Å². The van der Waals surface area contributed by atoms with E-state index in [1.165, 1.54) is 153 Å². The molecule has 0 fully saturated rings. The third-order valence-electron chi connectivity index (χ3n) is 8.59. The van der Waals surface area contributed by atoms with Crippen molar-refractivity contribution in [3.8, 4) is 17.2 Å². The van der Waals surface area contributed by atoms with Crippen molar-refractivity contribution in [3.05, 3.63) is 29.8 Å². The fraction of sp³-hybridized carbons (Fsp3) is 0.763. The minimum Gasteiger partial charge on any atom is -0.508 e. The molecule has 1 rings (SSSR count). The van der Waals surface area contributed by atoms with Crippen LogP contribution in [0.3, 0.4) is 0 Å². The van der Waals surface area contributed by atoms with E-state index in [1.807, 2.05) is 0 Å². The van der Waals surface area contributed by atoms with Gasteiger partial charge < -0.3 is 20.1 Å². The van der Waals surface area contributed by atoms with Crippen molar-refractivity contribution < 1.29 is 20.1 Å². The Morgan fingerprint density at radius 2 is 0.690 bits per heavy atom. The van der Waals surface area contributed by atoms with Gasteiger partial charge in [0.1, 0.15) is 23.5 Å². The largest absolute Gasteiger partial charge is 0.508 e. The standard InChI is InChI=1S/C38H66O4/c39-32-30-28-26-24-22-20-18-16-14-12-10-8-6-4-2-1-3-5-7-9-11-13-15-17-19-21-23-25-27-29-31-36-37(41)33-35(40)34-38(36)42/h19,21,32-34,40-42H,1-18,20,22-31H2. The lowest BCUT2D eigenvalue weighted by atomic mass is 10.0. The molecule has 1 aromatic rings. The molecule has 242 valence electrons. The molecule has 4 heteroatoms. The number of carbonyl (C=O) groups is 1. The molecule has 0 aliphatic carbocycles. The van der Waals surface area contributed by atoms with Crippen LogP contribution in [0.25, 0.3) is 0 Å². The molecule has 0 unspecified atom stereocenters. The van der Waals surface area contributed by atoms with E-state index in [-0.39, 0.29) is 17.2 Å². The molecule has 0 saturated carbocycles. The molecule has 0 radical (unpaired) electrons. The molecule has 0 heterocycles. The molecule has 0 bridgehead atoms. The van der Waals surface area contributed by atoms with Gasteiger partial charge >= 0.3 is 0 Å². The summed E-state index contributed by atoms with van der Waals surface area (Å²) in [5.74, 6) is -0.147. The van der Waals surface area contributed by atoms with Gasteiger partial charge in [0.15, 0.2) is 0 Å². The number of carbonyl (C=O) groups excluding carboxylic acids is 1. The van der Waals surface area contributed by atoms with Gasteiger partial charge in [-0.05, 0) is 44.9 Å². The highest BCUT2D eigenvalue weighted by Gasteiger charge is 2.09. The van der Waals surface area contributed by atoms with Crippen LogP contribution < -0.4 is 0 Å². The van der Waals surface area contributed by atoms with Gasteiger partial charge in [-0.25, -0.2) is 0 Å². The number of benzene rings is 1. The van der Waals surface area contributed by atoms with Crippen molar-refractivity contribution in [2.75, 3.05) is 0 Å². The summed E-state index contributed by atoms with van der Waals surface area (Å²) < 4.78 is 0. The summed E-state index contributed by atoms with van der Waals surface area (Å²) in [5, 5.41) is 29.1. The molecule has 3 N–H and O–H groups in total. The third kappa shape index (κ3) is 23.6. The molecule has 0 aliphatic rings. The fourth-order valence-electron chi connectivity index (χ4n) is 5.89. The van der Waals surface area contributed by atoms with Crippen molar-refractivity contribution in [2.45, 2.75) is 186 Å². The first kappa shape index (κ1) is 38.1. The monoisotopic (exact) mass is 586 g/mol. The predicted octanol–water partition coefficient (Wildman–Crippen LogP) is 12.0. The van der Waals surface area contributed by atoms with Gasteiger partial charge in [-0.2, -0.15) is 0 Å². The van der Waals surface area contributed by atoms with Crippen LogP contribution in [-0.2, 0) is 11.2 Å². The Bertz CT molecular complexity index is 749. The van der Waals surface area contributed by atoms with E-state index in [0.29, 0.717) is 12.0 Å². The molecule has 0 saturated heterocycles. The fourth-order valence-corrected chi connectivity index (χ4v) is 5.89. The lowest BCUT2D eigenvalue weighted by Crippen LogP contribution is -1.88. The van der Waals surface area contributed by atoms with Crippen LogP contribution in [0.1, 0.15) is 185 Å². The second kappa shape index (κ2) is 29.1. The van der Waals surface area contributed by atoms with Gasteiger partial charge in [-0.15, -0.1) is 0 Å². The maximum absolute atomic E-state index is 10.3. The number of phenols is 3. The van der Waals surface area contributed by atoms with Crippen molar-refractivity contribution in [1.29, 1.82) is 0 Å². The van der Waals surface area contributed by atoms with Crippen LogP contribution in [0.5, 0.6) is 17.2 Å². The predicted molar refractivity (Wildman–Crippen MR) is 180 cm³/mol. The SMILES string of the molecule is O=CCCCCCCCCCCCCCCCCCCCCCCCCC=CCCCCCc1c(O)cc(O)cc1O. The van der Waals surface area contributed by atoms with E-state index in [4.69, 9.17) is 0 Å². The molecule has 0 aromatic heterocycles. The Hall–Kier alpha value is -1.97. The average molecular weight is 587 g/mol. The minimum absolute atomic E-state index is 0.0203. The van der Waals surface area contributed by atoms with Gasteiger partial charge in [-0.3, -0.25) is 0 Å². The van der Waals surface area contributed by atoms with Crippen molar-refractivity contribution in [2.24, 2.45) is 0 Å². The Balaban J connectivity index is 1.72. The highest BCUT2D eigenvalue weighted by molar-refractivity contribution is 5.49. The molecule has 0 atom stereocenters. The number of phenolic OH excluding ortho intramolecular Hbond substituents is 3. The van der Waals surface area contributed by atoms with Crippen molar-refractivity contribution in [1.82, 2.24) is 0 Å². The first-order chi connectivity index (χ1) is 20.6. The maximum Gasteiger partial charge on any atom is 0.126 e. The van der Waals surface area contributed by atoms with E-state index in [2.05, 4.69) is 12.2 Å². The average Bonchev–Trinajstić information content (AvgIpc) is 2.97. The number of rotatable bonds is 31. The summed E-state index contributed by atoms with van der Waals surface area (Å²) in [5.41, 5.74) is 0.536. The molecular weight excluding hydrogens is 520 g/mol. The van der Waals surface area contributed by atoms with Crippen LogP contribution in [0.15, 0.2) is 24.3 Å². The van der Waals surface area contributed by atoms with E-state index in [1.54, 1.807) is 0 Å². The zero-order valence-electron chi connectivity index (χ0n) is 27.1. The van der Waals surface area contributed by atoms with Gasteiger partial charge in [0, 0.05) is 24.1 Å². The number of hydrogen-bond acceptors (Lipinski definition) is 4. The maximum atomic E-state index is 10.3. The zero-order valence-corrected chi connectivity index (χ0v) is 27.1. The molecule has 0 aliphatic heterocycles. The number of aromatic hydroxyl groups is 3. The smallest absolute Gasteiger partial charge is 0.126 e. The molecule has 0 spiro atoms. The summed E-state index contributed by atoms with van der Waals surface area (Å²) in [6, 6.07) is 2.58. The van der Waals surface area contributed by atoms with E-state index in [9.17, 15) is 20.1 Å². The van der Waals surface area contributed by atoms with E-state index >= 15 is 0 Å². The summed E-state index contributed by atoms with van der Waals surface area (Å²) in [6.07, 6.45) is 42.8. The number of unbranched alkanes of at least 4 members (excludes halogenated alkanes) is 26. The molecule has 0 amide bonds. The van der Waals surface area contributed by atoms with Crippen LogP contribution in [0, 0.1) is 0 Å². The molecular formula is C38H66O4. The van der Waals surface area contributed by atoms with Crippen LogP contribution >= 0.6 is 0 Å². The summed E-state index contributed by atoms with van der Waals surface area (Å²) in [6.45, 7) is 0. The highest BCUT2D eigenvalue weighted by atomic mass is 16.3. The van der Waals surface area contributed by atoms with Crippen molar-refractivity contribution in [3.63, 3.8) is 0 Å². The van der Waals surface area contributed by atoms with Gasteiger partial charge in [0.05, 0.1) is 0 Å². The molecule has 42 heavy (non-hydrogen) atoms. The van der Waals surface area contributed by atoms with Gasteiger partial charge in [0.25, 0.3) is 0 Å². The number of allylic oxidation sites excluding steroid dienone is 2. The van der Waals surface area contributed by atoms with E-state index in [0.717, 1.165) is 44.8 Å². The van der Waals surface area contributed by atoms with Gasteiger partial charge in [0.2, 0.25) is 0 Å². The second-order valence-corrected chi connectivity index (χ2v) is 12.6. The summed E-state index contributed by atoms with van der Waals surface area (Å²) in [4.78, 5) is 10.3. The first-order valence-electron chi connectivity index (χ1n) is 18.0. The summed E-state index contributed by atoms with van der Waals surface area (Å²) >= 11 is 0. The topological polar surface area (TPSA) is 77.8 Å². The Labute approximate surface area is 259 Å². The van der Waals surface area contributed by atoms with Crippen LogP contribution in [-0.4, -0.2) is 21.6 Å². The molecule has 4 nitrogen and oxygen atoms in total. The van der Waals surface area contributed by atoms with Crippen LogP contribution in [0.2, 0.25) is 0 Å². The first-order valence-corrected chi connectivity index (χ1v) is 18.0. The van der Waals surface area contributed by atoms with E-state index < -0.39 is 0 Å². The third-order valence-corrected chi connectivity index (χ3v) is 8.59. The lowest BCUT2D eigenvalue weighted by Gasteiger charge is -2.07. The van der Waals surface area contributed by atoms with Crippen molar-refractivity contribution >= 4 is 6.29 Å².